The van der Waals surface area contributed by atoms with Gasteiger partial charge in [0.05, 0.1) is 12.5 Å². The highest BCUT2D eigenvalue weighted by Gasteiger charge is 2.28. The van der Waals surface area contributed by atoms with Crippen molar-refractivity contribution in [2.24, 2.45) is 5.92 Å². The van der Waals surface area contributed by atoms with Gasteiger partial charge in [0, 0.05) is 6.04 Å². The molecule has 0 bridgehead atoms. The average Bonchev–Trinajstić information content (AvgIpc) is 2.73. The molecule has 0 saturated heterocycles. The Morgan fingerprint density at radius 1 is 1.26 bits per heavy atom. The Bertz CT molecular complexity index is 362. The van der Waals surface area contributed by atoms with Crippen LogP contribution in [0.4, 0.5) is 0 Å². The minimum atomic E-state index is 0.259. The molecule has 110 valence electrons. The first kappa shape index (κ1) is 16.1. The number of hydrogen-bond donors (Lipinski definition) is 1. The van der Waals surface area contributed by atoms with Crippen LogP contribution in [0.25, 0.3) is 0 Å². The number of nitrogens with zero attached hydrogens (tertiary/aromatic N) is 3. The molecule has 2 atom stereocenters. The standard InChI is InChI=1S/C14H28N4O/c1-7-8-15-11(4)13(10(2)3)14-16-12(17-19-14)9-18(5)6/h10-11,13,15H,7-9H2,1-6H3. The van der Waals surface area contributed by atoms with E-state index in [1.807, 2.05) is 19.0 Å². The summed E-state index contributed by atoms with van der Waals surface area (Å²) in [6, 6.07) is 0.340. The third kappa shape index (κ3) is 4.91. The maximum Gasteiger partial charge on any atom is 0.231 e. The van der Waals surface area contributed by atoms with E-state index in [4.69, 9.17) is 4.52 Å². The fraction of sp³-hybridized carbons (Fsp3) is 0.857. The lowest BCUT2D eigenvalue weighted by Crippen LogP contribution is -2.35. The van der Waals surface area contributed by atoms with E-state index in [1.54, 1.807) is 0 Å². The smallest absolute Gasteiger partial charge is 0.231 e. The monoisotopic (exact) mass is 268 g/mol. The van der Waals surface area contributed by atoms with Crippen molar-refractivity contribution in [2.45, 2.75) is 52.6 Å². The fourth-order valence-corrected chi connectivity index (χ4v) is 2.33. The summed E-state index contributed by atoms with van der Waals surface area (Å²) in [5.41, 5.74) is 0. The molecule has 5 heteroatoms. The highest BCUT2D eigenvalue weighted by atomic mass is 16.5. The Morgan fingerprint density at radius 3 is 2.47 bits per heavy atom. The maximum atomic E-state index is 5.46. The quantitative estimate of drug-likeness (QED) is 0.784. The van der Waals surface area contributed by atoms with E-state index in [2.05, 4.69) is 43.2 Å². The summed E-state index contributed by atoms with van der Waals surface area (Å²) in [5, 5.41) is 7.59. The second kappa shape index (κ2) is 7.60. The molecule has 0 aliphatic carbocycles. The molecule has 1 N–H and O–H groups in total. The van der Waals surface area contributed by atoms with Gasteiger partial charge in [-0.05, 0) is 39.9 Å². The molecule has 0 aliphatic rings. The highest BCUT2D eigenvalue weighted by molar-refractivity contribution is 5.00. The van der Waals surface area contributed by atoms with E-state index >= 15 is 0 Å². The molecule has 0 fully saturated rings. The summed E-state index contributed by atoms with van der Waals surface area (Å²) in [6.45, 7) is 10.5. The molecule has 19 heavy (non-hydrogen) atoms. The highest BCUT2D eigenvalue weighted by Crippen LogP contribution is 2.26. The second-order valence-corrected chi connectivity index (χ2v) is 5.80. The number of rotatable bonds is 8. The normalized spacial score (nSPS) is 15.2. The summed E-state index contributed by atoms with van der Waals surface area (Å²) in [5.74, 6) is 2.23. The second-order valence-electron chi connectivity index (χ2n) is 5.80. The minimum absolute atomic E-state index is 0.259. The minimum Gasteiger partial charge on any atom is -0.339 e. The molecular weight excluding hydrogens is 240 g/mol. The van der Waals surface area contributed by atoms with Crippen LogP contribution in [0.3, 0.4) is 0 Å². The van der Waals surface area contributed by atoms with Crippen molar-refractivity contribution in [2.75, 3.05) is 20.6 Å². The van der Waals surface area contributed by atoms with Crippen LogP contribution in [-0.4, -0.2) is 41.7 Å². The van der Waals surface area contributed by atoms with Crippen molar-refractivity contribution in [3.63, 3.8) is 0 Å². The lowest BCUT2D eigenvalue weighted by molar-refractivity contribution is 0.277. The van der Waals surface area contributed by atoms with Crippen LogP contribution in [-0.2, 0) is 6.54 Å². The summed E-state index contributed by atoms with van der Waals surface area (Å²) < 4.78 is 5.46. The van der Waals surface area contributed by atoms with Crippen LogP contribution in [0, 0.1) is 5.92 Å². The molecule has 0 saturated carbocycles. The number of nitrogens with one attached hydrogen (secondary N) is 1. The van der Waals surface area contributed by atoms with E-state index in [0.717, 1.165) is 24.7 Å². The van der Waals surface area contributed by atoms with Gasteiger partial charge in [-0.25, -0.2) is 0 Å². The predicted octanol–water partition coefficient (Wildman–Crippen LogP) is 2.26. The van der Waals surface area contributed by atoms with E-state index in [-0.39, 0.29) is 5.92 Å². The van der Waals surface area contributed by atoms with Gasteiger partial charge in [-0.15, -0.1) is 0 Å². The van der Waals surface area contributed by atoms with Crippen molar-refractivity contribution < 1.29 is 4.52 Å². The first-order valence-electron chi connectivity index (χ1n) is 7.16. The Hall–Kier alpha value is -0.940. The summed E-state index contributed by atoms with van der Waals surface area (Å²) in [6.07, 6.45) is 1.13. The zero-order valence-corrected chi connectivity index (χ0v) is 13.1. The van der Waals surface area contributed by atoms with Crippen LogP contribution >= 0.6 is 0 Å². The largest absolute Gasteiger partial charge is 0.339 e. The van der Waals surface area contributed by atoms with Crippen molar-refractivity contribution >= 4 is 0 Å². The molecule has 1 aromatic heterocycles. The summed E-state index contributed by atoms with van der Waals surface area (Å²) in [7, 11) is 4.00. The number of aromatic nitrogens is 2. The topological polar surface area (TPSA) is 54.2 Å². The van der Waals surface area contributed by atoms with Gasteiger partial charge < -0.3 is 14.7 Å². The van der Waals surface area contributed by atoms with Crippen molar-refractivity contribution in [1.82, 2.24) is 20.4 Å². The van der Waals surface area contributed by atoms with Gasteiger partial charge in [0.25, 0.3) is 0 Å². The predicted molar refractivity (Wildman–Crippen MR) is 77.0 cm³/mol. The number of hydrogen-bond acceptors (Lipinski definition) is 5. The van der Waals surface area contributed by atoms with Gasteiger partial charge >= 0.3 is 0 Å². The van der Waals surface area contributed by atoms with E-state index in [1.165, 1.54) is 0 Å². The lowest BCUT2D eigenvalue weighted by Gasteiger charge is -2.25. The van der Waals surface area contributed by atoms with Crippen LogP contribution in [0.2, 0.25) is 0 Å². The molecule has 0 aromatic carbocycles. The van der Waals surface area contributed by atoms with Gasteiger partial charge in [0.15, 0.2) is 5.82 Å². The van der Waals surface area contributed by atoms with Crippen molar-refractivity contribution in [3.8, 4) is 0 Å². The lowest BCUT2D eigenvalue weighted by atomic mass is 9.89. The molecule has 0 radical (unpaired) electrons. The van der Waals surface area contributed by atoms with Gasteiger partial charge in [0.2, 0.25) is 5.89 Å². The Morgan fingerprint density at radius 2 is 1.95 bits per heavy atom. The molecule has 0 spiro atoms. The van der Waals surface area contributed by atoms with E-state index < -0.39 is 0 Å². The van der Waals surface area contributed by atoms with Crippen LogP contribution in [0.15, 0.2) is 4.52 Å². The molecule has 0 aliphatic heterocycles. The van der Waals surface area contributed by atoms with Crippen LogP contribution in [0.1, 0.15) is 51.7 Å². The molecule has 0 amide bonds. The van der Waals surface area contributed by atoms with Crippen LogP contribution in [0.5, 0.6) is 0 Å². The summed E-state index contributed by atoms with van der Waals surface area (Å²) >= 11 is 0. The third-order valence-corrected chi connectivity index (χ3v) is 3.20. The Balaban J connectivity index is 2.78. The summed E-state index contributed by atoms with van der Waals surface area (Å²) in [4.78, 5) is 6.58. The zero-order chi connectivity index (χ0) is 14.4. The van der Waals surface area contributed by atoms with Gasteiger partial charge in [-0.3, -0.25) is 0 Å². The Labute approximate surface area is 116 Å². The van der Waals surface area contributed by atoms with Crippen molar-refractivity contribution in [3.05, 3.63) is 11.7 Å². The SMILES string of the molecule is CCCNC(C)C(c1nc(CN(C)C)no1)C(C)C. The average molecular weight is 268 g/mol. The molecular formula is C14H28N4O. The first-order valence-corrected chi connectivity index (χ1v) is 7.16. The van der Waals surface area contributed by atoms with E-state index in [0.29, 0.717) is 18.5 Å². The van der Waals surface area contributed by atoms with Gasteiger partial charge in [-0.1, -0.05) is 25.9 Å². The van der Waals surface area contributed by atoms with Gasteiger partial charge in [-0.2, -0.15) is 4.98 Å². The van der Waals surface area contributed by atoms with Crippen molar-refractivity contribution in [1.29, 1.82) is 0 Å². The van der Waals surface area contributed by atoms with Gasteiger partial charge in [0.1, 0.15) is 0 Å². The molecule has 5 nitrogen and oxygen atoms in total. The maximum absolute atomic E-state index is 5.46. The molecule has 2 unspecified atom stereocenters. The molecule has 1 heterocycles. The third-order valence-electron chi connectivity index (χ3n) is 3.20. The first-order chi connectivity index (χ1) is 8.95. The molecule has 1 aromatic rings. The Kier molecular flexibility index (Phi) is 6.45. The zero-order valence-electron chi connectivity index (χ0n) is 13.1. The van der Waals surface area contributed by atoms with Crippen LogP contribution < -0.4 is 5.32 Å². The fourth-order valence-electron chi connectivity index (χ4n) is 2.33. The molecule has 1 rings (SSSR count). The van der Waals surface area contributed by atoms with E-state index in [9.17, 15) is 0 Å².